The Morgan fingerprint density at radius 3 is 2.25 bits per heavy atom. The molecule has 6 heteroatoms. The van der Waals surface area contributed by atoms with Crippen molar-refractivity contribution in [3.05, 3.63) is 0 Å². The van der Waals surface area contributed by atoms with Crippen molar-refractivity contribution < 1.29 is 18.0 Å². The van der Waals surface area contributed by atoms with Gasteiger partial charge in [0.25, 0.3) is 0 Å². The van der Waals surface area contributed by atoms with Crippen LogP contribution in [0.3, 0.4) is 0 Å². The second-order valence-electron chi connectivity index (χ2n) is 3.63. The summed E-state index contributed by atoms with van der Waals surface area (Å²) >= 11 is 0. The standard InChI is InChI=1S/C10H15NO4S/c1-8(12)4-3-7-16(14,15)10(5-6-11)9(2)13/h10H,3-5,7H2,1-2H3. The molecule has 0 aromatic heterocycles. The minimum atomic E-state index is -3.60. The third kappa shape index (κ3) is 5.03. The van der Waals surface area contributed by atoms with Crippen molar-refractivity contribution in [2.24, 2.45) is 0 Å². The number of nitrogens with zero attached hydrogens (tertiary/aromatic N) is 1. The summed E-state index contributed by atoms with van der Waals surface area (Å²) in [7, 11) is -3.60. The Balaban J connectivity index is 4.56. The lowest BCUT2D eigenvalue weighted by Crippen LogP contribution is -2.30. The number of sulfone groups is 1. The van der Waals surface area contributed by atoms with Gasteiger partial charge in [-0.3, -0.25) is 4.79 Å². The van der Waals surface area contributed by atoms with E-state index in [0.29, 0.717) is 0 Å². The maximum Gasteiger partial charge on any atom is 0.161 e. The Hall–Kier alpha value is -1.22. The van der Waals surface area contributed by atoms with Crippen LogP contribution in [0.4, 0.5) is 0 Å². The molecule has 0 saturated carbocycles. The van der Waals surface area contributed by atoms with Crippen LogP contribution < -0.4 is 0 Å². The molecule has 0 N–H and O–H groups in total. The third-order valence-corrected chi connectivity index (χ3v) is 4.34. The molecule has 90 valence electrons. The molecule has 0 radical (unpaired) electrons. The summed E-state index contributed by atoms with van der Waals surface area (Å²) in [6.07, 6.45) is 0.0566. The van der Waals surface area contributed by atoms with Crippen molar-refractivity contribution in [3.63, 3.8) is 0 Å². The Bertz CT molecular complexity index is 405. The average molecular weight is 245 g/mol. The quantitative estimate of drug-likeness (QED) is 0.656. The highest BCUT2D eigenvalue weighted by atomic mass is 32.2. The van der Waals surface area contributed by atoms with Gasteiger partial charge in [0, 0.05) is 6.42 Å². The van der Waals surface area contributed by atoms with Crippen molar-refractivity contribution in [1.29, 1.82) is 5.26 Å². The van der Waals surface area contributed by atoms with Gasteiger partial charge in [-0.25, -0.2) is 8.42 Å². The first-order chi connectivity index (χ1) is 7.31. The van der Waals surface area contributed by atoms with E-state index < -0.39 is 20.9 Å². The van der Waals surface area contributed by atoms with Gasteiger partial charge in [-0.1, -0.05) is 0 Å². The average Bonchev–Trinajstić information content (AvgIpc) is 2.12. The summed E-state index contributed by atoms with van der Waals surface area (Å²) in [6, 6.07) is 1.69. The number of hydrogen-bond donors (Lipinski definition) is 0. The second kappa shape index (κ2) is 6.38. The molecule has 1 atom stereocenters. The molecule has 0 aromatic carbocycles. The van der Waals surface area contributed by atoms with E-state index in [0.717, 1.165) is 6.92 Å². The molecule has 0 aromatic rings. The van der Waals surface area contributed by atoms with Gasteiger partial charge < -0.3 is 4.79 Å². The van der Waals surface area contributed by atoms with Crippen molar-refractivity contribution in [2.45, 2.75) is 38.4 Å². The SMILES string of the molecule is CC(=O)CCCS(=O)(=O)C(CC#N)C(C)=O. The summed E-state index contributed by atoms with van der Waals surface area (Å²) in [5, 5.41) is 7.20. The van der Waals surface area contributed by atoms with Gasteiger partial charge in [-0.2, -0.15) is 5.26 Å². The van der Waals surface area contributed by atoms with Gasteiger partial charge in [-0.05, 0) is 20.3 Å². The van der Waals surface area contributed by atoms with Crippen molar-refractivity contribution in [2.75, 3.05) is 5.75 Å². The zero-order valence-corrected chi connectivity index (χ0v) is 10.2. The first-order valence-corrected chi connectivity index (χ1v) is 6.61. The van der Waals surface area contributed by atoms with Gasteiger partial charge in [0.05, 0.1) is 18.2 Å². The van der Waals surface area contributed by atoms with E-state index in [1.54, 1.807) is 6.07 Å². The smallest absolute Gasteiger partial charge is 0.161 e. The van der Waals surface area contributed by atoms with E-state index in [2.05, 4.69) is 0 Å². The van der Waals surface area contributed by atoms with Crippen molar-refractivity contribution >= 4 is 21.4 Å². The van der Waals surface area contributed by atoms with Crippen LogP contribution in [0.25, 0.3) is 0 Å². The fourth-order valence-corrected chi connectivity index (χ4v) is 2.94. The molecule has 0 fully saturated rings. The molecular weight excluding hydrogens is 230 g/mol. The van der Waals surface area contributed by atoms with E-state index in [1.165, 1.54) is 6.92 Å². The van der Waals surface area contributed by atoms with E-state index in [1.807, 2.05) is 0 Å². The predicted molar refractivity (Wildman–Crippen MR) is 58.4 cm³/mol. The zero-order valence-electron chi connectivity index (χ0n) is 9.39. The van der Waals surface area contributed by atoms with Crippen LogP contribution in [-0.2, 0) is 19.4 Å². The number of carbonyl (C=O) groups is 2. The van der Waals surface area contributed by atoms with E-state index in [4.69, 9.17) is 5.26 Å². The number of nitriles is 1. The molecule has 0 heterocycles. The number of rotatable bonds is 7. The summed E-state index contributed by atoms with van der Waals surface area (Å²) in [4.78, 5) is 21.7. The molecule has 0 aliphatic carbocycles. The van der Waals surface area contributed by atoms with Crippen molar-refractivity contribution in [3.8, 4) is 6.07 Å². The molecule has 0 aliphatic rings. The first kappa shape index (κ1) is 14.8. The molecule has 16 heavy (non-hydrogen) atoms. The third-order valence-electron chi connectivity index (χ3n) is 2.12. The first-order valence-electron chi connectivity index (χ1n) is 4.89. The lowest BCUT2D eigenvalue weighted by atomic mass is 10.2. The highest BCUT2D eigenvalue weighted by molar-refractivity contribution is 7.92. The van der Waals surface area contributed by atoms with Gasteiger partial charge in [0.15, 0.2) is 9.84 Å². The highest BCUT2D eigenvalue weighted by Gasteiger charge is 2.28. The summed E-state index contributed by atoms with van der Waals surface area (Å²) in [5.74, 6) is -0.836. The molecule has 0 rings (SSSR count). The van der Waals surface area contributed by atoms with Crippen LogP contribution in [0.2, 0.25) is 0 Å². The number of ketones is 2. The molecule has 0 saturated heterocycles. The summed E-state index contributed by atoms with van der Waals surface area (Å²) in [5.41, 5.74) is 0. The normalized spacial score (nSPS) is 12.8. The second-order valence-corrected chi connectivity index (χ2v) is 5.94. The number of Topliss-reactive ketones (excluding diaryl/α,β-unsaturated/α-hetero) is 2. The van der Waals surface area contributed by atoms with Crippen LogP contribution >= 0.6 is 0 Å². The lowest BCUT2D eigenvalue weighted by Gasteiger charge is -2.10. The molecule has 5 nitrogen and oxygen atoms in total. The fraction of sp³-hybridized carbons (Fsp3) is 0.700. The molecular formula is C10H15NO4S. The maximum atomic E-state index is 11.7. The van der Waals surface area contributed by atoms with E-state index >= 15 is 0 Å². The van der Waals surface area contributed by atoms with Gasteiger partial charge >= 0.3 is 0 Å². The van der Waals surface area contributed by atoms with Crippen LogP contribution in [0, 0.1) is 11.3 Å². The Labute approximate surface area is 95.4 Å². The molecule has 0 amide bonds. The van der Waals surface area contributed by atoms with Gasteiger partial charge in [0.1, 0.15) is 16.8 Å². The Kier molecular flexibility index (Phi) is 5.89. The van der Waals surface area contributed by atoms with E-state index in [-0.39, 0.29) is 30.8 Å². The fourth-order valence-electron chi connectivity index (χ4n) is 1.27. The van der Waals surface area contributed by atoms with Crippen molar-refractivity contribution in [1.82, 2.24) is 0 Å². The number of carbonyl (C=O) groups excluding carboxylic acids is 2. The van der Waals surface area contributed by atoms with Crippen LogP contribution in [0.5, 0.6) is 0 Å². The minimum Gasteiger partial charge on any atom is -0.300 e. The summed E-state index contributed by atoms with van der Waals surface area (Å²) in [6.45, 7) is 2.54. The van der Waals surface area contributed by atoms with Crippen LogP contribution in [-0.4, -0.2) is 31.0 Å². The maximum absolute atomic E-state index is 11.7. The zero-order chi connectivity index (χ0) is 12.8. The lowest BCUT2D eigenvalue weighted by molar-refractivity contribution is -0.117. The van der Waals surface area contributed by atoms with Gasteiger partial charge in [0.2, 0.25) is 0 Å². The topological polar surface area (TPSA) is 92.1 Å². The largest absolute Gasteiger partial charge is 0.300 e. The Morgan fingerprint density at radius 2 is 1.88 bits per heavy atom. The van der Waals surface area contributed by atoms with Crippen LogP contribution in [0.1, 0.15) is 33.1 Å². The van der Waals surface area contributed by atoms with Crippen LogP contribution in [0.15, 0.2) is 0 Å². The van der Waals surface area contributed by atoms with E-state index in [9.17, 15) is 18.0 Å². The van der Waals surface area contributed by atoms with Gasteiger partial charge in [-0.15, -0.1) is 0 Å². The molecule has 0 spiro atoms. The monoisotopic (exact) mass is 245 g/mol. The minimum absolute atomic E-state index is 0.0881. The predicted octanol–water partition coefficient (Wildman–Crippen LogP) is 0.642. The Morgan fingerprint density at radius 1 is 1.31 bits per heavy atom. The summed E-state index contributed by atoms with van der Waals surface area (Å²) < 4.78 is 23.3. The highest BCUT2D eigenvalue weighted by Crippen LogP contribution is 2.10. The molecule has 0 aliphatic heterocycles. The molecule has 0 bridgehead atoms. The molecule has 1 unspecified atom stereocenters. The number of hydrogen-bond acceptors (Lipinski definition) is 5.